The number of rotatable bonds is 4. The van der Waals surface area contributed by atoms with Crippen LogP contribution >= 0.6 is 0 Å². The monoisotopic (exact) mass is 307 g/mol. The van der Waals surface area contributed by atoms with E-state index in [0.717, 1.165) is 10.9 Å². The molecule has 0 aliphatic heterocycles. The predicted octanol–water partition coefficient (Wildman–Crippen LogP) is 4.28. The number of hydrogen-bond donors (Lipinski definition) is 0. The summed E-state index contributed by atoms with van der Waals surface area (Å²) in [6.45, 7) is 0. The van der Waals surface area contributed by atoms with E-state index in [-0.39, 0.29) is 17.1 Å². The van der Waals surface area contributed by atoms with Gasteiger partial charge in [-0.05, 0) is 42.5 Å². The normalized spacial score (nSPS) is 11.0. The number of benzene rings is 2. The van der Waals surface area contributed by atoms with Crippen molar-refractivity contribution in [1.29, 1.82) is 0 Å². The minimum Gasteiger partial charge on any atom is -0.494 e. The van der Waals surface area contributed by atoms with Crippen molar-refractivity contribution in [2.24, 2.45) is 0 Å². The number of carbonyl (C=O) groups is 1. The van der Waals surface area contributed by atoms with E-state index in [2.05, 4.69) is 4.98 Å². The van der Waals surface area contributed by atoms with Crippen LogP contribution < -0.4 is 4.74 Å². The molecule has 0 radical (unpaired) electrons. The molecular weight excluding hydrogens is 293 g/mol. The van der Waals surface area contributed by atoms with Crippen LogP contribution in [0, 0.1) is 5.82 Å². The Hall–Kier alpha value is -3.01. The van der Waals surface area contributed by atoms with Crippen LogP contribution in [0.4, 0.5) is 4.39 Å². The first-order chi connectivity index (χ1) is 11.2. The van der Waals surface area contributed by atoms with Gasteiger partial charge in [0.2, 0.25) is 0 Å². The molecule has 1 heterocycles. The smallest absolute Gasteiger partial charge is 0.186 e. The number of halogens is 1. The zero-order chi connectivity index (χ0) is 16.2. The summed E-state index contributed by atoms with van der Waals surface area (Å²) in [4.78, 5) is 16.6. The first-order valence-electron chi connectivity index (χ1n) is 7.09. The van der Waals surface area contributed by atoms with E-state index in [1.165, 1.54) is 31.4 Å². The van der Waals surface area contributed by atoms with Crippen LogP contribution in [0.1, 0.15) is 16.1 Å². The zero-order valence-corrected chi connectivity index (χ0v) is 12.5. The quantitative estimate of drug-likeness (QED) is 0.533. The second-order valence-corrected chi connectivity index (χ2v) is 4.98. The van der Waals surface area contributed by atoms with E-state index < -0.39 is 5.82 Å². The first kappa shape index (κ1) is 14.9. The summed E-state index contributed by atoms with van der Waals surface area (Å²) in [6, 6.07) is 15.6. The van der Waals surface area contributed by atoms with Crippen LogP contribution in [-0.4, -0.2) is 17.9 Å². The van der Waals surface area contributed by atoms with Crippen molar-refractivity contribution in [3.63, 3.8) is 0 Å². The van der Waals surface area contributed by atoms with Gasteiger partial charge in [-0.25, -0.2) is 9.37 Å². The van der Waals surface area contributed by atoms with Crippen molar-refractivity contribution in [3.8, 4) is 5.75 Å². The van der Waals surface area contributed by atoms with Crippen LogP contribution in [0.25, 0.3) is 17.0 Å². The summed E-state index contributed by atoms with van der Waals surface area (Å²) in [6.07, 6.45) is 3.01. The number of pyridine rings is 1. The lowest BCUT2D eigenvalue weighted by molar-refractivity contribution is 0.104. The Kier molecular flexibility index (Phi) is 4.15. The van der Waals surface area contributed by atoms with Crippen molar-refractivity contribution < 1.29 is 13.9 Å². The van der Waals surface area contributed by atoms with Gasteiger partial charge in [0.15, 0.2) is 17.3 Å². The number of methoxy groups -OCH3 is 1. The highest BCUT2D eigenvalue weighted by molar-refractivity contribution is 6.06. The molecule has 0 fully saturated rings. The number of aromatic nitrogens is 1. The molecule has 0 N–H and O–H groups in total. The number of fused-ring (bicyclic) bond motifs is 1. The maximum atomic E-state index is 13.6. The second kappa shape index (κ2) is 6.40. The van der Waals surface area contributed by atoms with Crippen molar-refractivity contribution in [3.05, 3.63) is 77.7 Å². The Morgan fingerprint density at radius 3 is 2.74 bits per heavy atom. The molecular formula is C19H14FNO2. The van der Waals surface area contributed by atoms with Gasteiger partial charge in [-0.3, -0.25) is 4.79 Å². The number of nitrogens with zero attached hydrogens (tertiary/aromatic N) is 1. The fourth-order valence-corrected chi connectivity index (χ4v) is 2.25. The molecule has 0 aliphatic carbocycles. The number of para-hydroxylation sites is 1. The molecule has 0 unspecified atom stereocenters. The second-order valence-electron chi connectivity index (χ2n) is 4.98. The van der Waals surface area contributed by atoms with Gasteiger partial charge < -0.3 is 4.74 Å². The number of ether oxygens (including phenoxy) is 1. The highest BCUT2D eigenvalue weighted by Crippen LogP contribution is 2.18. The lowest BCUT2D eigenvalue weighted by Gasteiger charge is -2.02. The summed E-state index contributed by atoms with van der Waals surface area (Å²) in [7, 11) is 1.38. The van der Waals surface area contributed by atoms with Gasteiger partial charge in [-0.15, -0.1) is 0 Å². The minimum absolute atomic E-state index is 0.113. The van der Waals surface area contributed by atoms with Crippen LogP contribution in [0.3, 0.4) is 0 Å². The van der Waals surface area contributed by atoms with Crippen molar-refractivity contribution in [1.82, 2.24) is 4.98 Å². The molecule has 0 aliphatic rings. The molecule has 0 amide bonds. The van der Waals surface area contributed by atoms with E-state index in [9.17, 15) is 9.18 Å². The van der Waals surface area contributed by atoms with Gasteiger partial charge in [-0.2, -0.15) is 0 Å². The number of carbonyl (C=O) groups excluding carboxylic acids is 1. The third kappa shape index (κ3) is 3.26. The molecule has 3 rings (SSSR count). The van der Waals surface area contributed by atoms with E-state index >= 15 is 0 Å². The molecule has 4 heteroatoms. The Balaban J connectivity index is 1.83. The van der Waals surface area contributed by atoms with Crippen molar-refractivity contribution >= 4 is 22.8 Å². The van der Waals surface area contributed by atoms with Gasteiger partial charge in [-0.1, -0.05) is 24.3 Å². The average molecular weight is 307 g/mol. The van der Waals surface area contributed by atoms with Crippen molar-refractivity contribution in [2.45, 2.75) is 0 Å². The third-order valence-electron chi connectivity index (χ3n) is 3.46. The van der Waals surface area contributed by atoms with Gasteiger partial charge >= 0.3 is 0 Å². The Morgan fingerprint density at radius 1 is 1.13 bits per heavy atom. The Morgan fingerprint density at radius 2 is 1.96 bits per heavy atom. The first-order valence-corrected chi connectivity index (χ1v) is 7.09. The predicted molar refractivity (Wildman–Crippen MR) is 88.1 cm³/mol. The summed E-state index contributed by atoms with van der Waals surface area (Å²) in [5.41, 5.74) is 1.80. The lowest BCUT2D eigenvalue weighted by atomic mass is 10.1. The standard InChI is InChI=1S/C19H14FNO2/c1-23-19-11-7-14(12-16(19)20)18(22)10-9-15-8-6-13-4-2-3-5-17(13)21-15/h2-12H,1H3/b10-9+. The molecule has 114 valence electrons. The Bertz CT molecular complexity index is 903. The molecule has 2 aromatic carbocycles. The van der Waals surface area contributed by atoms with E-state index in [0.29, 0.717) is 5.69 Å². The molecule has 0 spiro atoms. The molecule has 0 saturated heterocycles. The summed E-state index contributed by atoms with van der Waals surface area (Å²) < 4.78 is 18.5. The number of hydrogen-bond acceptors (Lipinski definition) is 3. The van der Waals surface area contributed by atoms with Gasteiger partial charge in [0.25, 0.3) is 0 Å². The maximum Gasteiger partial charge on any atom is 0.186 e. The van der Waals surface area contributed by atoms with E-state index in [1.54, 1.807) is 6.08 Å². The fraction of sp³-hybridized carbons (Fsp3) is 0.0526. The van der Waals surface area contributed by atoms with Crippen LogP contribution in [-0.2, 0) is 0 Å². The third-order valence-corrected chi connectivity index (χ3v) is 3.46. The molecule has 0 saturated carbocycles. The zero-order valence-electron chi connectivity index (χ0n) is 12.5. The Labute approximate surface area is 133 Å². The van der Waals surface area contributed by atoms with Gasteiger partial charge in [0.05, 0.1) is 18.3 Å². The van der Waals surface area contributed by atoms with Crippen LogP contribution in [0.2, 0.25) is 0 Å². The van der Waals surface area contributed by atoms with Gasteiger partial charge in [0, 0.05) is 10.9 Å². The maximum absolute atomic E-state index is 13.6. The van der Waals surface area contributed by atoms with Crippen molar-refractivity contribution in [2.75, 3.05) is 7.11 Å². The van der Waals surface area contributed by atoms with Crippen LogP contribution in [0.15, 0.2) is 60.7 Å². The number of allylic oxidation sites excluding steroid dienone is 1. The molecule has 3 aromatic rings. The molecule has 0 atom stereocenters. The molecule has 0 bridgehead atoms. The van der Waals surface area contributed by atoms with E-state index in [1.807, 2.05) is 36.4 Å². The highest BCUT2D eigenvalue weighted by atomic mass is 19.1. The summed E-state index contributed by atoms with van der Waals surface area (Å²) >= 11 is 0. The lowest BCUT2D eigenvalue weighted by Crippen LogP contribution is -1.97. The minimum atomic E-state index is -0.560. The highest BCUT2D eigenvalue weighted by Gasteiger charge is 2.07. The largest absolute Gasteiger partial charge is 0.494 e. The average Bonchev–Trinajstić information content (AvgIpc) is 2.59. The fourth-order valence-electron chi connectivity index (χ4n) is 2.25. The number of ketones is 1. The molecule has 1 aromatic heterocycles. The summed E-state index contributed by atoms with van der Waals surface area (Å²) in [5, 5.41) is 1.04. The summed E-state index contributed by atoms with van der Waals surface area (Å²) in [5.74, 6) is -0.737. The van der Waals surface area contributed by atoms with E-state index in [4.69, 9.17) is 4.74 Å². The van der Waals surface area contributed by atoms with Crippen LogP contribution in [0.5, 0.6) is 5.75 Å². The van der Waals surface area contributed by atoms with Gasteiger partial charge in [0.1, 0.15) is 0 Å². The SMILES string of the molecule is COc1ccc(C(=O)/C=C/c2ccc3ccccc3n2)cc1F. The molecule has 3 nitrogen and oxygen atoms in total. The molecule has 23 heavy (non-hydrogen) atoms. The topological polar surface area (TPSA) is 39.2 Å².